The van der Waals surface area contributed by atoms with E-state index in [4.69, 9.17) is 0 Å². The van der Waals surface area contributed by atoms with Gasteiger partial charge >= 0.3 is 0 Å². The summed E-state index contributed by atoms with van der Waals surface area (Å²) in [5.74, 6) is 0.951. The predicted octanol–water partition coefficient (Wildman–Crippen LogP) is 2.88. The molecule has 1 saturated carbocycles. The summed E-state index contributed by atoms with van der Waals surface area (Å²) in [5.41, 5.74) is 4.27. The molecule has 0 radical (unpaired) electrons. The summed E-state index contributed by atoms with van der Waals surface area (Å²) in [6, 6.07) is 7.65. The van der Waals surface area contributed by atoms with E-state index < -0.39 is 0 Å². The number of fused-ring (bicyclic) bond motifs is 1. The first-order valence-electron chi connectivity index (χ1n) is 6.80. The Balaban J connectivity index is 1.68. The van der Waals surface area contributed by atoms with Crippen LogP contribution in [0.15, 0.2) is 18.2 Å². The van der Waals surface area contributed by atoms with Gasteiger partial charge in [-0.15, -0.1) is 0 Å². The molecule has 2 nitrogen and oxygen atoms in total. The Kier molecular flexibility index (Phi) is 2.83. The van der Waals surface area contributed by atoms with Crippen molar-refractivity contribution in [2.45, 2.75) is 38.8 Å². The molecular weight excluding hydrogens is 208 g/mol. The normalized spacial score (nSPS) is 20.2. The summed E-state index contributed by atoms with van der Waals surface area (Å²) in [6.07, 6.45) is 4.04. The maximum Gasteiger partial charge on any atom is 0.0376 e. The molecule has 2 heteroatoms. The van der Waals surface area contributed by atoms with Crippen molar-refractivity contribution >= 4 is 5.69 Å². The second-order valence-corrected chi connectivity index (χ2v) is 5.66. The smallest absolute Gasteiger partial charge is 0.0376 e. The lowest BCUT2D eigenvalue weighted by Gasteiger charge is -2.24. The van der Waals surface area contributed by atoms with Crippen molar-refractivity contribution in [3.8, 4) is 0 Å². The molecule has 2 aliphatic rings. The highest BCUT2D eigenvalue weighted by molar-refractivity contribution is 5.57. The Hall–Kier alpha value is -1.02. The van der Waals surface area contributed by atoms with Crippen LogP contribution in [-0.4, -0.2) is 24.5 Å². The highest BCUT2D eigenvalue weighted by Crippen LogP contribution is 2.35. The molecule has 1 atom stereocenters. The Morgan fingerprint density at radius 2 is 2.24 bits per heavy atom. The highest BCUT2D eigenvalue weighted by Gasteiger charge is 2.30. The molecule has 1 heterocycles. The molecule has 1 aliphatic heterocycles. The quantitative estimate of drug-likeness (QED) is 0.855. The molecule has 0 spiro atoms. The lowest BCUT2D eigenvalue weighted by Crippen LogP contribution is -2.30. The van der Waals surface area contributed by atoms with Gasteiger partial charge in [0.05, 0.1) is 0 Å². The van der Waals surface area contributed by atoms with Crippen LogP contribution in [0.5, 0.6) is 0 Å². The van der Waals surface area contributed by atoms with E-state index in [9.17, 15) is 0 Å². The van der Waals surface area contributed by atoms with Crippen LogP contribution in [-0.2, 0) is 13.0 Å². The molecule has 17 heavy (non-hydrogen) atoms. The summed E-state index contributed by atoms with van der Waals surface area (Å²) < 4.78 is 0. The van der Waals surface area contributed by atoms with Crippen LogP contribution in [0.25, 0.3) is 0 Å². The maximum atomic E-state index is 3.46. The highest BCUT2D eigenvalue weighted by atomic mass is 15.1. The van der Waals surface area contributed by atoms with E-state index in [0.29, 0.717) is 0 Å². The van der Waals surface area contributed by atoms with E-state index in [2.05, 4.69) is 42.4 Å². The minimum Gasteiger partial charge on any atom is -0.384 e. The van der Waals surface area contributed by atoms with Gasteiger partial charge in [0.2, 0.25) is 0 Å². The molecule has 1 aliphatic carbocycles. The maximum absolute atomic E-state index is 3.46. The molecule has 0 saturated heterocycles. The van der Waals surface area contributed by atoms with E-state index in [1.165, 1.54) is 36.1 Å². The van der Waals surface area contributed by atoms with Crippen molar-refractivity contribution in [2.75, 3.05) is 18.9 Å². The predicted molar refractivity (Wildman–Crippen MR) is 72.3 cm³/mol. The molecule has 0 amide bonds. The number of hydrogen-bond acceptors (Lipinski definition) is 2. The fraction of sp³-hybridized carbons (Fsp3) is 0.600. The number of hydrogen-bond donors (Lipinski definition) is 1. The Morgan fingerprint density at radius 1 is 1.41 bits per heavy atom. The first-order chi connectivity index (χ1) is 8.24. The SMILES string of the molecule is CC(C1CC1)N(C)Cc1ccc2c(c1)NCC2. The number of anilines is 1. The van der Waals surface area contributed by atoms with Gasteiger partial charge in [-0.1, -0.05) is 12.1 Å². The van der Waals surface area contributed by atoms with Crippen molar-refractivity contribution in [1.82, 2.24) is 4.90 Å². The summed E-state index contributed by atoms with van der Waals surface area (Å²) >= 11 is 0. The van der Waals surface area contributed by atoms with Crippen LogP contribution in [0.4, 0.5) is 5.69 Å². The van der Waals surface area contributed by atoms with Crippen LogP contribution in [0.2, 0.25) is 0 Å². The number of benzene rings is 1. The minimum atomic E-state index is 0.733. The Morgan fingerprint density at radius 3 is 3.00 bits per heavy atom. The summed E-state index contributed by atoms with van der Waals surface area (Å²) in [7, 11) is 2.25. The fourth-order valence-corrected chi connectivity index (χ4v) is 2.81. The van der Waals surface area contributed by atoms with Gasteiger partial charge in [0.15, 0.2) is 0 Å². The van der Waals surface area contributed by atoms with Gasteiger partial charge in [-0.2, -0.15) is 0 Å². The van der Waals surface area contributed by atoms with Crippen LogP contribution in [0.3, 0.4) is 0 Å². The molecule has 1 aromatic carbocycles. The molecule has 92 valence electrons. The molecule has 1 fully saturated rings. The second kappa shape index (κ2) is 4.34. The molecule has 0 bridgehead atoms. The summed E-state index contributed by atoms with van der Waals surface area (Å²) in [4.78, 5) is 2.49. The standard InChI is InChI=1S/C15H22N2/c1-11(13-5-6-13)17(2)10-12-3-4-14-7-8-16-15(14)9-12/h3-4,9,11,13,16H,5-8,10H2,1-2H3. The molecule has 1 N–H and O–H groups in total. The van der Waals surface area contributed by atoms with Crippen molar-refractivity contribution in [2.24, 2.45) is 5.92 Å². The Labute approximate surface area is 104 Å². The monoisotopic (exact) mass is 230 g/mol. The van der Waals surface area contributed by atoms with Crippen LogP contribution in [0.1, 0.15) is 30.9 Å². The number of nitrogens with one attached hydrogen (secondary N) is 1. The lowest BCUT2D eigenvalue weighted by molar-refractivity contribution is 0.226. The van der Waals surface area contributed by atoms with E-state index in [1.807, 2.05) is 0 Å². The van der Waals surface area contributed by atoms with Gasteiger partial charge < -0.3 is 5.32 Å². The van der Waals surface area contributed by atoms with E-state index >= 15 is 0 Å². The number of nitrogens with zero attached hydrogens (tertiary/aromatic N) is 1. The zero-order valence-electron chi connectivity index (χ0n) is 10.9. The van der Waals surface area contributed by atoms with Gasteiger partial charge in [-0.3, -0.25) is 4.90 Å². The van der Waals surface area contributed by atoms with Gasteiger partial charge in [-0.05, 0) is 56.3 Å². The van der Waals surface area contributed by atoms with E-state index in [-0.39, 0.29) is 0 Å². The van der Waals surface area contributed by atoms with Crippen LogP contribution >= 0.6 is 0 Å². The van der Waals surface area contributed by atoms with Crippen molar-refractivity contribution in [1.29, 1.82) is 0 Å². The van der Waals surface area contributed by atoms with Gasteiger partial charge in [0, 0.05) is 24.8 Å². The van der Waals surface area contributed by atoms with Crippen molar-refractivity contribution in [3.63, 3.8) is 0 Å². The zero-order valence-corrected chi connectivity index (χ0v) is 10.9. The average Bonchev–Trinajstić information content (AvgIpc) is 3.07. The molecule has 1 aromatic rings. The fourth-order valence-electron chi connectivity index (χ4n) is 2.81. The first kappa shape index (κ1) is 11.1. The molecule has 1 unspecified atom stereocenters. The van der Waals surface area contributed by atoms with Crippen molar-refractivity contribution < 1.29 is 0 Å². The second-order valence-electron chi connectivity index (χ2n) is 5.66. The van der Waals surface area contributed by atoms with E-state index in [1.54, 1.807) is 0 Å². The van der Waals surface area contributed by atoms with Gasteiger partial charge in [-0.25, -0.2) is 0 Å². The topological polar surface area (TPSA) is 15.3 Å². The summed E-state index contributed by atoms with van der Waals surface area (Å²) in [5, 5.41) is 3.46. The number of rotatable bonds is 4. The summed E-state index contributed by atoms with van der Waals surface area (Å²) in [6.45, 7) is 4.54. The zero-order chi connectivity index (χ0) is 11.8. The third-order valence-electron chi connectivity index (χ3n) is 4.32. The third-order valence-corrected chi connectivity index (χ3v) is 4.32. The van der Waals surface area contributed by atoms with Crippen molar-refractivity contribution in [3.05, 3.63) is 29.3 Å². The third kappa shape index (κ3) is 2.32. The molecule has 3 rings (SSSR count). The first-order valence-corrected chi connectivity index (χ1v) is 6.80. The molecule has 0 aromatic heterocycles. The molecular formula is C15H22N2. The largest absolute Gasteiger partial charge is 0.384 e. The minimum absolute atomic E-state index is 0.733. The van der Waals surface area contributed by atoms with E-state index in [0.717, 1.165) is 25.0 Å². The van der Waals surface area contributed by atoms with Crippen LogP contribution < -0.4 is 5.32 Å². The average molecular weight is 230 g/mol. The Bertz CT molecular complexity index is 409. The van der Waals surface area contributed by atoms with Crippen LogP contribution in [0, 0.1) is 5.92 Å². The lowest BCUT2D eigenvalue weighted by atomic mass is 10.1. The van der Waals surface area contributed by atoms with Gasteiger partial charge in [0.25, 0.3) is 0 Å². The van der Waals surface area contributed by atoms with Gasteiger partial charge in [0.1, 0.15) is 0 Å².